The van der Waals surface area contributed by atoms with E-state index < -0.39 is 24.5 Å². The van der Waals surface area contributed by atoms with Crippen LogP contribution < -0.4 is 11.1 Å². The van der Waals surface area contributed by atoms with Crippen LogP contribution in [0.25, 0.3) is 0 Å². The molecule has 0 aromatic rings. The summed E-state index contributed by atoms with van der Waals surface area (Å²) in [6.45, 7) is 1.68. The van der Waals surface area contributed by atoms with Gasteiger partial charge < -0.3 is 21.3 Å². The van der Waals surface area contributed by atoms with E-state index in [1.807, 2.05) is 30.4 Å². The van der Waals surface area contributed by atoms with E-state index in [4.69, 9.17) is 10.8 Å². The van der Waals surface area contributed by atoms with Crippen LogP contribution in [0, 0.1) is 0 Å². The number of nitrogens with two attached hydrogens (primary N) is 1. The number of amides is 1. The van der Waals surface area contributed by atoms with E-state index in [-0.39, 0.29) is 17.6 Å². The van der Waals surface area contributed by atoms with E-state index in [1.54, 1.807) is 0 Å². The molecule has 0 aliphatic rings. The summed E-state index contributed by atoms with van der Waals surface area (Å²) in [7, 11) is 0. The van der Waals surface area contributed by atoms with Crippen LogP contribution in [0.2, 0.25) is 0 Å². The Balaban J connectivity index is 4.05. The molecular weight excluding hydrogens is 376 g/mol. The Morgan fingerprint density at radius 3 is 2.54 bits per heavy atom. The molecule has 5 N–H and O–H groups in total. The Morgan fingerprint density at radius 2 is 1.86 bits per heavy atom. The summed E-state index contributed by atoms with van der Waals surface area (Å²) in [5.74, 6) is -1.34. The number of rotatable bonds is 16. The Labute approximate surface area is 172 Å². The predicted octanol–water partition coefficient (Wildman–Crippen LogP) is 2.80. The molecule has 0 aromatic heterocycles. The third-order valence-electron chi connectivity index (χ3n) is 3.63. The van der Waals surface area contributed by atoms with Gasteiger partial charge in [-0.3, -0.25) is 9.59 Å². The van der Waals surface area contributed by atoms with Crippen molar-refractivity contribution in [2.75, 3.05) is 18.9 Å². The zero-order valence-electron chi connectivity index (χ0n) is 16.6. The quantitative estimate of drug-likeness (QED) is 0.177. The van der Waals surface area contributed by atoms with Gasteiger partial charge in [0.05, 0.1) is 12.6 Å². The van der Waals surface area contributed by atoms with Crippen molar-refractivity contribution in [3.05, 3.63) is 48.6 Å². The van der Waals surface area contributed by atoms with Crippen molar-refractivity contribution < 1.29 is 19.8 Å². The molecule has 0 radical (unpaired) electrons. The fourth-order valence-corrected chi connectivity index (χ4v) is 2.96. The molecule has 0 spiro atoms. The molecule has 7 heteroatoms. The van der Waals surface area contributed by atoms with E-state index >= 15 is 0 Å². The van der Waals surface area contributed by atoms with Gasteiger partial charge in [0.1, 0.15) is 6.54 Å². The number of unbranched alkanes of at least 4 members (excludes halogenated alkanes) is 3. The number of hydrogen-bond donors (Lipinski definition) is 4. The molecule has 0 unspecified atom stereocenters. The highest BCUT2D eigenvalue weighted by molar-refractivity contribution is 8.00. The molecule has 158 valence electrons. The third-order valence-corrected chi connectivity index (χ3v) is 4.91. The average Bonchev–Trinajstić information content (AvgIpc) is 2.68. The smallest absolute Gasteiger partial charge is 0.322 e. The van der Waals surface area contributed by atoms with E-state index in [2.05, 4.69) is 30.5 Å². The summed E-state index contributed by atoms with van der Waals surface area (Å²) in [6.07, 6.45) is 21.8. The minimum Gasteiger partial charge on any atom is -0.480 e. The molecule has 1 amide bonds. The van der Waals surface area contributed by atoms with Crippen molar-refractivity contribution in [1.82, 2.24) is 5.32 Å². The van der Waals surface area contributed by atoms with Crippen LogP contribution in [0.1, 0.15) is 39.0 Å². The maximum atomic E-state index is 11.6. The second-order valence-electron chi connectivity index (χ2n) is 6.17. The average molecular weight is 411 g/mol. The number of nitrogens with one attached hydrogen (secondary N) is 1. The van der Waals surface area contributed by atoms with Crippen LogP contribution in [0.5, 0.6) is 0 Å². The van der Waals surface area contributed by atoms with Gasteiger partial charge in [0, 0.05) is 11.0 Å². The van der Waals surface area contributed by atoms with Crippen LogP contribution in [0.15, 0.2) is 48.6 Å². The Kier molecular flexibility index (Phi) is 17.3. The van der Waals surface area contributed by atoms with Gasteiger partial charge in [0.2, 0.25) is 5.91 Å². The molecule has 0 saturated heterocycles. The van der Waals surface area contributed by atoms with E-state index in [1.165, 1.54) is 31.0 Å². The number of aliphatic hydroxyl groups is 1. The Bertz CT molecular complexity index is 545. The molecule has 0 aliphatic heterocycles. The van der Waals surface area contributed by atoms with Crippen molar-refractivity contribution in [3.8, 4) is 0 Å². The normalized spacial score (nSPS) is 14.4. The van der Waals surface area contributed by atoms with Gasteiger partial charge in [-0.15, -0.1) is 11.8 Å². The highest BCUT2D eigenvalue weighted by atomic mass is 32.2. The Hall–Kier alpha value is -1.83. The lowest BCUT2D eigenvalue weighted by atomic mass is 10.2. The summed E-state index contributed by atoms with van der Waals surface area (Å²) < 4.78 is 0. The monoisotopic (exact) mass is 410 g/mol. The first-order valence-electron chi connectivity index (χ1n) is 9.63. The Morgan fingerprint density at radius 1 is 1.11 bits per heavy atom. The van der Waals surface area contributed by atoms with Gasteiger partial charge in [0.25, 0.3) is 0 Å². The number of carboxylic acids is 1. The van der Waals surface area contributed by atoms with Gasteiger partial charge in [-0.05, 0) is 19.3 Å². The summed E-state index contributed by atoms with van der Waals surface area (Å²) in [6, 6.07) is -0.819. The molecule has 0 heterocycles. The fourth-order valence-electron chi connectivity index (χ4n) is 2.04. The van der Waals surface area contributed by atoms with Gasteiger partial charge in [0.15, 0.2) is 0 Å². The molecule has 0 aliphatic carbocycles. The van der Waals surface area contributed by atoms with Gasteiger partial charge in [-0.25, -0.2) is 0 Å². The van der Waals surface area contributed by atoms with Crippen molar-refractivity contribution in [1.29, 1.82) is 0 Å². The molecule has 0 aromatic carbocycles. The lowest BCUT2D eigenvalue weighted by molar-refractivity contribution is -0.138. The summed E-state index contributed by atoms with van der Waals surface area (Å²) in [4.78, 5) is 22.0. The van der Waals surface area contributed by atoms with E-state index in [0.717, 1.165) is 12.8 Å². The maximum absolute atomic E-state index is 11.6. The number of carbonyl (C=O) groups excluding carboxylic acids is 1. The van der Waals surface area contributed by atoms with Crippen LogP contribution in [-0.2, 0) is 9.59 Å². The zero-order chi connectivity index (χ0) is 21.0. The summed E-state index contributed by atoms with van der Waals surface area (Å²) in [5, 5.41) is 20.0. The number of carboxylic acid groups (broad SMARTS) is 1. The number of hydrogen-bond acceptors (Lipinski definition) is 5. The number of allylic oxidation sites excluding steroid dienone is 7. The van der Waals surface area contributed by atoms with Gasteiger partial charge in [-0.1, -0.05) is 68.4 Å². The van der Waals surface area contributed by atoms with Crippen LogP contribution in [-0.4, -0.2) is 52.3 Å². The molecule has 6 nitrogen and oxygen atoms in total. The van der Waals surface area contributed by atoms with Crippen LogP contribution >= 0.6 is 11.8 Å². The van der Waals surface area contributed by atoms with Crippen LogP contribution in [0.3, 0.4) is 0 Å². The maximum Gasteiger partial charge on any atom is 0.322 e. The highest BCUT2D eigenvalue weighted by Gasteiger charge is 2.16. The minimum atomic E-state index is -1.12. The molecular formula is C21H34N2O4S. The van der Waals surface area contributed by atoms with Crippen molar-refractivity contribution in [2.24, 2.45) is 5.73 Å². The van der Waals surface area contributed by atoms with E-state index in [9.17, 15) is 14.7 Å². The first-order valence-corrected chi connectivity index (χ1v) is 10.7. The first kappa shape index (κ1) is 26.2. The number of thioether (sulfide) groups is 1. The largest absolute Gasteiger partial charge is 0.480 e. The van der Waals surface area contributed by atoms with Crippen LogP contribution in [0.4, 0.5) is 0 Å². The van der Waals surface area contributed by atoms with Crippen molar-refractivity contribution in [3.63, 3.8) is 0 Å². The van der Waals surface area contributed by atoms with Gasteiger partial charge >= 0.3 is 5.97 Å². The summed E-state index contributed by atoms with van der Waals surface area (Å²) >= 11 is 1.34. The minimum absolute atomic E-state index is 0.0723. The molecule has 0 fully saturated rings. The lowest BCUT2D eigenvalue weighted by Crippen LogP contribution is -2.44. The molecule has 0 bridgehead atoms. The molecule has 2 atom stereocenters. The summed E-state index contributed by atoms with van der Waals surface area (Å²) in [5.41, 5.74) is 5.71. The fraction of sp³-hybridized carbons (Fsp3) is 0.524. The SMILES string of the molecule is CCCCC/C=C\C/C=C/C=C/C=C/[C@H](CO)SC[C@H](N)C(=O)NCC(=O)O. The molecule has 0 rings (SSSR count). The highest BCUT2D eigenvalue weighted by Crippen LogP contribution is 2.13. The van der Waals surface area contributed by atoms with Crippen molar-refractivity contribution >= 4 is 23.6 Å². The molecule has 0 saturated carbocycles. The van der Waals surface area contributed by atoms with Crippen molar-refractivity contribution in [2.45, 2.75) is 50.3 Å². The number of aliphatic carboxylic acids is 1. The van der Waals surface area contributed by atoms with Gasteiger partial charge in [-0.2, -0.15) is 0 Å². The third kappa shape index (κ3) is 16.4. The number of aliphatic hydroxyl groups excluding tert-OH is 1. The first-order chi connectivity index (χ1) is 13.5. The number of carbonyl (C=O) groups is 2. The topological polar surface area (TPSA) is 113 Å². The standard InChI is InChI=1S/C21H34N2O4S/c1-2-3-4-5-6-7-8-9-10-11-12-13-14-18(16-24)28-17-19(22)21(27)23-15-20(25)26/h6-7,9-14,18-19,24H,2-5,8,15-17,22H2,1H3,(H,23,27)(H,25,26)/b7-6-,10-9+,12-11+,14-13+/t18-,19+/m1/s1. The zero-order valence-corrected chi connectivity index (χ0v) is 17.4. The second kappa shape index (κ2) is 18.5. The molecule has 28 heavy (non-hydrogen) atoms. The predicted molar refractivity (Wildman–Crippen MR) is 117 cm³/mol. The second-order valence-corrected chi connectivity index (χ2v) is 7.45. The van der Waals surface area contributed by atoms with E-state index in [0.29, 0.717) is 0 Å². The lowest BCUT2D eigenvalue weighted by Gasteiger charge is -2.14.